The van der Waals surface area contributed by atoms with Gasteiger partial charge in [0, 0.05) is 97.1 Å². The molecule has 2 aliphatic heterocycles. The second kappa shape index (κ2) is 26.8. The number of aromatic nitrogens is 6. The number of nitrogens with zero attached hydrogens (tertiary/aromatic N) is 8. The Morgan fingerprint density at radius 1 is 0.563 bits per heavy atom. The van der Waals surface area contributed by atoms with Crippen LogP contribution in [0.15, 0.2) is 149 Å². The van der Waals surface area contributed by atoms with Crippen molar-refractivity contribution in [3.8, 4) is 39.8 Å². The summed E-state index contributed by atoms with van der Waals surface area (Å²) >= 11 is 3.31. The molecule has 0 atom stereocenters. The Hall–Kier alpha value is -8.84. The Labute approximate surface area is 510 Å². The molecule has 2 saturated heterocycles. The van der Waals surface area contributed by atoms with Crippen LogP contribution in [0.3, 0.4) is 0 Å². The van der Waals surface area contributed by atoms with E-state index in [0.717, 1.165) is 131 Å². The van der Waals surface area contributed by atoms with Gasteiger partial charge >= 0.3 is 12.1 Å². The quantitative estimate of drug-likeness (QED) is 0.0741. The third kappa shape index (κ3) is 15.6. The first-order valence-electron chi connectivity index (χ1n) is 28.7. The number of hydrogen-bond donors (Lipinski definition) is 4. The monoisotopic (exact) mass is 1210 g/mol. The Bertz CT molecular complexity index is 4070. The van der Waals surface area contributed by atoms with Gasteiger partial charge in [0.15, 0.2) is 21.6 Å². The van der Waals surface area contributed by atoms with Crippen molar-refractivity contribution < 1.29 is 42.3 Å². The summed E-state index contributed by atoms with van der Waals surface area (Å²) in [5, 5.41) is 15.7. The number of nitrogens with two attached hydrogens (primary N) is 1. The first-order valence-corrected chi connectivity index (χ1v) is 30.4. The van der Waals surface area contributed by atoms with Gasteiger partial charge < -0.3 is 43.8 Å². The fraction of sp³-hybridized carbons (Fsp3) is 0.312. The van der Waals surface area contributed by atoms with Crippen molar-refractivity contribution >= 4 is 88.2 Å². The summed E-state index contributed by atoms with van der Waals surface area (Å²) in [5.41, 5.74) is 13.0. The molecular weight excluding hydrogens is 1140 g/mol. The van der Waals surface area contributed by atoms with Gasteiger partial charge in [0.25, 0.3) is 0 Å². The third-order valence-electron chi connectivity index (χ3n) is 14.3. The number of thiazole rings is 2. The van der Waals surface area contributed by atoms with Crippen LogP contribution in [0.5, 0.6) is 17.2 Å². The highest BCUT2D eigenvalue weighted by molar-refractivity contribution is 7.24. The average Bonchev–Trinajstić information content (AvgIpc) is 1.82. The molecule has 23 heteroatoms. The van der Waals surface area contributed by atoms with E-state index in [-0.39, 0.29) is 16.9 Å². The molecule has 452 valence electrons. The van der Waals surface area contributed by atoms with Gasteiger partial charge in [-0.1, -0.05) is 117 Å². The molecule has 87 heavy (non-hydrogen) atoms. The zero-order valence-electron chi connectivity index (χ0n) is 49.4. The number of carbonyl (C=O) groups excluding carboxylic acids is 2. The number of anilines is 4. The van der Waals surface area contributed by atoms with Crippen molar-refractivity contribution in [2.24, 2.45) is 0 Å². The largest absolute Gasteiger partial charge is 0.492 e. The zero-order chi connectivity index (χ0) is 60.5. The first-order chi connectivity index (χ1) is 42.0. The van der Waals surface area contributed by atoms with Crippen molar-refractivity contribution in [2.75, 3.05) is 101 Å². The Morgan fingerprint density at radius 2 is 1.03 bits per heavy atom. The van der Waals surface area contributed by atoms with Gasteiger partial charge in [0.1, 0.15) is 42.0 Å². The van der Waals surface area contributed by atoms with Gasteiger partial charge in [-0.15, -0.1) is 0 Å². The number of hydrogen-bond acceptors (Lipinski definition) is 18. The van der Waals surface area contributed by atoms with Crippen LogP contribution >= 0.6 is 22.7 Å². The second-order valence-corrected chi connectivity index (χ2v) is 24.9. The number of para-hydroxylation sites is 1. The molecule has 13 rings (SSSR count). The number of nitrogen functional groups attached to an aromatic ring is 1. The van der Waals surface area contributed by atoms with E-state index < -0.39 is 6.09 Å². The van der Waals surface area contributed by atoms with Crippen LogP contribution in [0.25, 0.3) is 52.9 Å². The molecule has 5 N–H and O–H groups in total. The van der Waals surface area contributed by atoms with E-state index in [4.69, 9.17) is 48.4 Å². The molecule has 8 heterocycles. The smallest absolute Gasteiger partial charge is 0.418 e. The van der Waals surface area contributed by atoms with Crippen LogP contribution in [0, 0.1) is 0 Å². The molecule has 0 saturated carbocycles. The van der Waals surface area contributed by atoms with Gasteiger partial charge in [0.05, 0.1) is 58.2 Å². The number of amides is 3. The minimum absolute atomic E-state index is 0.156. The Morgan fingerprint density at radius 3 is 1.51 bits per heavy atom. The number of imidazole rings is 2. The van der Waals surface area contributed by atoms with Crippen LogP contribution in [0.4, 0.5) is 32.6 Å². The highest BCUT2D eigenvalue weighted by Gasteiger charge is 2.23. The van der Waals surface area contributed by atoms with Crippen molar-refractivity contribution in [1.29, 1.82) is 0 Å². The lowest BCUT2D eigenvalue weighted by Gasteiger charge is -2.26. The molecule has 21 nitrogen and oxygen atoms in total. The molecule has 0 radical (unpaired) electrons. The van der Waals surface area contributed by atoms with Crippen LogP contribution in [-0.4, -0.2) is 130 Å². The van der Waals surface area contributed by atoms with Crippen molar-refractivity contribution in [2.45, 2.75) is 52.4 Å². The van der Waals surface area contributed by atoms with Gasteiger partial charge in [-0.2, -0.15) is 0 Å². The molecule has 0 aliphatic carbocycles. The van der Waals surface area contributed by atoms with Gasteiger partial charge in [0.2, 0.25) is 0 Å². The number of ether oxygens (including phenoxy) is 5. The Kier molecular flexibility index (Phi) is 18.5. The number of benzene rings is 5. The minimum Gasteiger partial charge on any atom is -0.492 e. The maximum absolute atomic E-state index is 12.4. The van der Waals surface area contributed by atoms with Crippen LogP contribution in [0.2, 0.25) is 0 Å². The van der Waals surface area contributed by atoms with Crippen LogP contribution in [-0.2, 0) is 20.3 Å². The Balaban J connectivity index is 0.000000145. The lowest BCUT2D eigenvalue weighted by Crippen LogP contribution is -2.38. The average molecular weight is 1220 g/mol. The maximum Gasteiger partial charge on any atom is 0.418 e. The highest BCUT2D eigenvalue weighted by atomic mass is 32.1. The molecule has 3 amide bonds. The number of fused-ring (bicyclic) bond motifs is 6. The molecule has 2 aliphatic rings. The second-order valence-electron chi connectivity index (χ2n) is 22.9. The topological polar surface area (TPSA) is 236 Å². The summed E-state index contributed by atoms with van der Waals surface area (Å²) in [6, 6.07) is 39.7. The summed E-state index contributed by atoms with van der Waals surface area (Å²) in [6.07, 6.45) is 3.53. The number of rotatable bonds is 14. The number of morpholine rings is 2. The maximum atomic E-state index is 12.4. The van der Waals surface area contributed by atoms with E-state index in [2.05, 4.69) is 75.3 Å². The third-order valence-corrected chi connectivity index (χ3v) is 16.3. The molecule has 0 bridgehead atoms. The molecule has 0 spiro atoms. The molecule has 5 aromatic carbocycles. The SMILES string of the molecule is CC(C)(C)c1cc(NC(=O)Nc2ccc(-c3cn4c(n3)sc3cc(OCCN5CCOCC5)ccc34)cc2)no1.CC(C)(C)c1cc(NC(=O)Oc2ccccc2)no1.Nc1ccc(-c2cn3c(n2)sc2cc(OCCN4CCOCC4)ccc23)cc1. The molecule has 2 fully saturated rings. The molecule has 0 unspecified atom stereocenters. The predicted molar refractivity (Wildman–Crippen MR) is 341 cm³/mol. The summed E-state index contributed by atoms with van der Waals surface area (Å²) < 4.78 is 44.9. The fourth-order valence-corrected chi connectivity index (χ4v) is 11.5. The van der Waals surface area contributed by atoms with Gasteiger partial charge in [-0.05, 0) is 72.8 Å². The van der Waals surface area contributed by atoms with E-state index in [1.54, 1.807) is 59.1 Å². The zero-order valence-corrected chi connectivity index (χ0v) is 51.0. The lowest BCUT2D eigenvalue weighted by atomic mass is 9.93. The van der Waals surface area contributed by atoms with E-state index in [0.29, 0.717) is 47.8 Å². The normalized spacial score (nSPS) is 14.1. The summed E-state index contributed by atoms with van der Waals surface area (Å²) in [7, 11) is 0. The van der Waals surface area contributed by atoms with Gasteiger partial charge in [-0.25, -0.2) is 19.6 Å². The molecule has 6 aromatic heterocycles. The van der Waals surface area contributed by atoms with Crippen LogP contribution in [0.1, 0.15) is 53.1 Å². The lowest BCUT2D eigenvalue weighted by molar-refractivity contribution is 0.0322. The van der Waals surface area contributed by atoms with Crippen molar-refractivity contribution in [3.05, 3.63) is 151 Å². The number of carbonyl (C=O) groups is 2. The summed E-state index contributed by atoms with van der Waals surface area (Å²) in [4.78, 5) is 40.3. The molecular formula is C64H70N12O9S2. The predicted octanol–water partition coefficient (Wildman–Crippen LogP) is 12.9. The number of nitrogens with one attached hydrogen (secondary N) is 3. The summed E-state index contributed by atoms with van der Waals surface area (Å²) in [6.45, 7) is 22.4. The summed E-state index contributed by atoms with van der Waals surface area (Å²) in [5.74, 6) is 4.36. The van der Waals surface area contributed by atoms with E-state index in [1.807, 2.05) is 114 Å². The van der Waals surface area contributed by atoms with Crippen molar-refractivity contribution in [1.82, 2.24) is 38.9 Å². The van der Waals surface area contributed by atoms with E-state index >= 15 is 0 Å². The fourth-order valence-electron chi connectivity index (χ4n) is 9.41. The van der Waals surface area contributed by atoms with E-state index in [9.17, 15) is 9.59 Å². The van der Waals surface area contributed by atoms with Crippen molar-refractivity contribution in [3.63, 3.8) is 0 Å². The standard InChI is InChI=1S/C29H32N6O4S.C21H22N4O2S.C14H16N2O3/c1-29(2,3)25-17-26(33-39-25)32-27(36)30-20-6-4-19(5-7-20)22-18-35-23-9-8-21(16-24(23)40-28(35)31-22)38-15-12-34-10-13-37-14-11-34;22-16-3-1-15(2-4-16)18-14-25-19-6-5-17(13-20(19)28-21(25)23-18)27-12-9-24-7-10-26-11-8-24;1-14(2,3)11-9-12(16-19-11)15-13(17)18-10-7-5-4-6-8-10/h4-9,16-18H,10-15H2,1-3H3,(H2,30,32,33,36);1-6,13-14H,7-12,22H2;4-9H,1-3H3,(H,15,16,17). The van der Waals surface area contributed by atoms with Crippen LogP contribution < -0.4 is 35.9 Å². The highest BCUT2D eigenvalue weighted by Crippen LogP contribution is 2.35. The van der Waals surface area contributed by atoms with E-state index in [1.165, 1.54) is 4.70 Å². The number of urea groups is 1. The minimum atomic E-state index is -0.597. The van der Waals surface area contributed by atoms with Gasteiger partial charge in [-0.3, -0.25) is 29.2 Å². The first kappa shape index (κ1) is 59.9. The molecule has 11 aromatic rings.